The van der Waals surface area contributed by atoms with Crippen molar-refractivity contribution in [1.29, 1.82) is 5.26 Å². The predicted octanol–water partition coefficient (Wildman–Crippen LogP) is 16.1. The minimum Gasteiger partial charge on any atom is -0.494 e. The summed E-state index contributed by atoms with van der Waals surface area (Å²) in [6.45, 7) is 13.8. The van der Waals surface area contributed by atoms with E-state index in [1.165, 1.54) is 96.3 Å². The van der Waals surface area contributed by atoms with Gasteiger partial charge in [0, 0.05) is 6.42 Å². The van der Waals surface area contributed by atoms with Crippen LogP contribution in [0.5, 0.6) is 5.75 Å². The lowest BCUT2D eigenvalue weighted by molar-refractivity contribution is -0.0617. The molecule has 2 aromatic carbocycles. The van der Waals surface area contributed by atoms with E-state index in [1.807, 2.05) is 54.6 Å². The van der Waals surface area contributed by atoms with Gasteiger partial charge in [-0.05, 0) is 140 Å². The summed E-state index contributed by atoms with van der Waals surface area (Å²) in [5.74, 6) is 5.99. The molecule has 0 aromatic heterocycles. The van der Waals surface area contributed by atoms with Gasteiger partial charge >= 0.3 is 6.16 Å². The van der Waals surface area contributed by atoms with E-state index in [1.54, 1.807) is 5.57 Å². The Hall–Kier alpha value is -3.78. The number of nitrogens with zero attached hydrogens (tertiary/aromatic N) is 1. The van der Waals surface area contributed by atoms with E-state index in [0.29, 0.717) is 17.6 Å². The summed E-state index contributed by atoms with van der Waals surface area (Å²) in [6.07, 6.45) is 36.2. The maximum Gasteiger partial charge on any atom is 0.508 e. The van der Waals surface area contributed by atoms with Gasteiger partial charge in [0.1, 0.15) is 11.9 Å². The minimum absolute atomic E-state index is 0.0367. The summed E-state index contributed by atoms with van der Waals surface area (Å²) in [4.78, 5) is 12.7. The molecular weight excluding hydrogens is 763 g/mol. The van der Waals surface area contributed by atoms with E-state index in [-0.39, 0.29) is 11.5 Å². The number of fused-ring (bicyclic) bond motifs is 5. The molecule has 2 aromatic rings. The van der Waals surface area contributed by atoms with E-state index in [0.717, 1.165) is 97.5 Å². The molecule has 338 valence electrons. The summed E-state index contributed by atoms with van der Waals surface area (Å²) in [6, 6.07) is 18.0. The third-order valence-corrected chi connectivity index (χ3v) is 16.2. The van der Waals surface area contributed by atoms with Crippen molar-refractivity contribution >= 4 is 18.3 Å². The van der Waals surface area contributed by atoms with Crippen LogP contribution in [0.2, 0.25) is 0 Å². The lowest BCUT2D eigenvalue weighted by Crippen LogP contribution is -2.51. The minimum atomic E-state index is -0.459. The van der Waals surface area contributed by atoms with Crippen LogP contribution >= 0.6 is 0 Å². The quantitative estimate of drug-likeness (QED) is 0.0482. The number of unbranched alkanes of at least 4 members (excludes halogenated alkanes) is 9. The van der Waals surface area contributed by atoms with Crippen LogP contribution in [0.3, 0.4) is 0 Å². The van der Waals surface area contributed by atoms with Gasteiger partial charge in [0.15, 0.2) is 0 Å². The Balaban J connectivity index is 0.758. The van der Waals surface area contributed by atoms with Crippen molar-refractivity contribution in [2.24, 2.45) is 46.3 Å². The van der Waals surface area contributed by atoms with E-state index in [9.17, 15) is 4.79 Å². The smallest absolute Gasteiger partial charge is 0.494 e. The highest BCUT2D eigenvalue weighted by molar-refractivity contribution is 5.60. The molecule has 6 rings (SSSR count). The summed E-state index contributed by atoms with van der Waals surface area (Å²) >= 11 is 0. The standard InChI is InChI=1S/C57H81NO4/c1-43(2)19-18-20-44(3)52-33-34-53-51-32-29-48-41-50(35-37-56(48,4)54(51)36-38-57(52,53)5)62-55(59)61-40-17-13-11-9-7-6-8-10-12-16-39-60-49-30-27-46(28-31-49)22-15-14-21-45-23-25-47(42-58)26-24-45/h14-15,21-31,43-44,50-54H,6-13,16-20,32-41H2,1-5H3/b21-14+,22-15+/t44-,50+,51+,52-,53+,54+,56+,57-/m1/s1. The number of hydrogen-bond acceptors (Lipinski definition) is 5. The second-order valence-corrected chi connectivity index (χ2v) is 20.8. The maximum absolute atomic E-state index is 12.7. The van der Waals surface area contributed by atoms with Gasteiger partial charge in [0.05, 0.1) is 24.8 Å². The Morgan fingerprint density at radius 3 is 2.02 bits per heavy atom. The number of allylic oxidation sites excluding steroid dienone is 3. The molecule has 4 aliphatic carbocycles. The van der Waals surface area contributed by atoms with Crippen LogP contribution < -0.4 is 4.74 Å². The van der Waals surface area contributed by atoms with E-state index in [2.05, 4.69) is 65.0 Å². The van der Waals surface area contributed by atoms with Crippen molar-refractivity contribution in [3.63, 3.8) is 0 Å². The zero-order valence-electron chi connectivity index (χ0n) is 39.4. The van der Waals surface area contributed by atoms with Crippen LogP contribution in [0.1, 0.15) is 186 Å². The highest BCUT2D eigenvalue weighted by atomic mass is 16.7. The van der Waals surface area contributed by atoms with Gasteiger partial charge < -0.3 is 14.2 Å². The highest BCUT2D eigenvalue weighted by Gasteiger charge is 2.59. The molecule has 0 amide bonds. The Morgan fingerprint density at radius 1 is 0.742 bits per heavy atom. The second kappa shape index (κ2) is 23.8. The molecule has 0 aliphatic heterocycles. The third-order valence-electron chi connectivity index (χ3n) is 16.2. The average Bonchev–Trinajstić information content (AvgIpc) is 3.63. The van der Waals surface area contributed by atoms with Crippen molar-refractivity contribution in [2.75, 3.05) is 13.2 Å². The number of hydrogen-bond donors (Lipinski definition) is 0. The van der Waals surface area contributed by atoms with Crippen LogP contribution in [0, 0.1) is 57.7 Å². The average molecular weight is 844 g/mol. The topological polar surface area (TPSA) is 68.6 Å². The number of carbonyl (C=O) groups is 1. The van der Waals surface area contributed by atoms with Crippen molar-refractivity contribution in [1.82, 2.24) is 0 Å². The Bertz CT molecular complexity index is 1800. The number of ether oxygens (including phenoxy) is 3. The maximum atomic E-state index is 12.7. The zero-order valence-corrected chi connectivity index (χ0v) is 39.4. The fourth-order valence-electron chi connectivity index (χ4n) is 12.6. The van der Waals surface area contributed by atoms with Crippen molar-refractivity contribution < 1.29 is 19.0 Å². The summed E-state index contributed by atoms with van der Waals surface area (Å²) < 4.78 is 17.5. The van der Waals surface area contributed by atoms with Crippen molar-refractivity contribution in [3.8, 4) is 11.8 Å². The summed E-state index contributed by atoms with van der Waals surface area (Å²) in [7, 11) is 0. The van der Waals surface area contributed by atoms with Crippen LogP contribution in [0.25, 0.3) is 12.2 Å². The monoisotopic (exact) mass is 844 g/mol. The van der Waals surface area contributed by atoms with Crippen LogP contribution in [-0.4, -0.2) is 25.5 Å². The first-order chi connectivity index (χ1) is 30.1. The van der Waals surface area contributed by atoms with Gasteiger partial charge in [-0.15, -0.1) is 0 Å². The molecule has 5 heteroatoms. The van der Waals surface area contributed by atoms with Gasteiger partial charge in [0.25, 0.3) is 0 Å². The van der Waals surface area contributed by atoms with Gasteiger partial charge in [-0.3, -0.25) is 0 Å². The molecule has 0 spiro atoms. The van der Waals surface area contributed by atoms with E-state index < -0.39 is 6.16 Å². The SMILES string of the molecule is CC(C)CCC[C@@H](C)[C@H]1CC[C@H]2[C@@H]3CC=C4C[C@@H](OC(=O)OCCCCCCCCCCCCOc5ccc(/C=C/C=C/c6ccc(C#N)cc6)cc5)CC[C@]4(C)[C@H]3CC[C@]12C. The lowest BCUT2D eigenvalue weighted by Gasteiger charge is -2.58. The summed E-state index contributed by atoms with van der Waals surface area (Å²) in [5, 5.41) is 8.93. The van der Waals surface area contributed by atoms with Crippen molar-refractivity contribution in [2.45, 2.75) is 176 Å². The normalized spacial score (nSPS) is 27.3. The third kappa shape index (κ3) is 13.1. The number of benzene rings is 2. The lowest BCUT2D eigenvalue weighted by atomic mass is 9.47. The van der Waals surface area contributed by atoms with E-state index >= 15 is 0 Å². The predicted molar refractivity (Wildman–Crippen MR) is 257 cm³/mol. The van der Waals surface area contributed by atoms with Gasteiger partial charge in [-0.2, -0.15) is 5.26 Å². The highest BCUT2D eigenvalue weighted by Crippen LogP contribution is 2.67. The Kier molecular flexibility index (Phi) is 18.3. The van der Waals surface area contributed by atoms with Crippen molar-refractivity contribution in [3.05, 3.63) is 89.0 Å². The Labute approximate surface area is 377 Å². The molecule has 3 saturated carbocycles. The van der Waals surface area contributed by atoms with Gasteiger partial charge in [-0.1, -0.05) is 165 Å². The molecule has 5 nitrogen and oxygen atoms in total. The zero-order chi connectivity index (χ0) is 43.8. The fourth-order valence-corrected chi connectivity index (χ4v) is 12.6. The first-order valence-electron chi connectivity index (χ1n) is 25.2. The first-order valence-corrected chi connectivity index (χ1v) is 25.2. The molecule has 62 heavy (non-hydrogen) atoms. The molecule has 0 N–H and O–H groups in total. The molecule has 0 bridgehead atoms. The fraction of sp³-hybridized carbons (Fsp3) is 0.649. The number of carbonyl (C=O) groups excluding carboxylic acids is 1. The molecule has 0 saturated heterocycles. The van der Waals surface area contributed by atoms with Crippen LogP contribution in [-0.2, 0) is 9.47 Å². The Morgan fingerprint density at radius 2 is 1.37 bits per heavy atom. The molecule has 8 atom stereocenters. The second-order valence-electron chi connectivity index (χ2n) is 20.8. The van der Waals surface area contributed by atoms with Gasteiger partial charge in [-0.25, -0.2) is 4.79 Å². The van der Waals surface area contributed by atoms with Crippen LogP contribution in [0.4, 0.5) is 4.79 Å². The largest absolute Gasteiger partial charge is 0.508 e. The van der Waals surface area contributed by atoms with Crippen LogP contribution in [0.15, 0.2) is 72.3 Å². The summed E-state index contributed by atoms with van der Waals surface area (Å²) in [5.41, 5.74) is 5.25. The molecular formula is C57H81NO4. The number of nitriles is 1. The first kappa shape index (κ1) is 47.7. The molecule has 0 unspecified atom stereocenters. The van der Waals surface area contributed by atoms with E-state index in [4.69, 9.17) is 19.5 Å². The molecule has 3 fully saturated rings. The molecule has 4 aliphatic rings. The molecule has 0 radical (unpaired) electrons. The molecule has 0 heterocycles. The number of rotatable bonds is 23. The van der Waals surface area contributed by atoms with Gasteiger partial charge in [0.2, 0.25) is 0 Å².